The van der Waals surface area contributed by atoms with Crippen LogP contribution in [0.1, 0.15) is 6.42 Å². The highest BCUT2D eigenvalue weighted by atomic mass is 35.5. The van der Waals surface area contributed by atoms with Crippen LogP contribution in [0.3, 0.4) is 0 Å². The molecule has 180 valence electrons. The summed E-state index contributed by atoms with van der Waals surface area (Å²) in [5, 5.41) is 0.0203. The van der Waals surface area contributed by atoms with E-state index in [-0.39, 0.29) is 54.5 Å². The van der Waals surface area contributed by atoms with Gasteiger partial charge in [-0.1, -0.05) is 11.6 Å². The first-order chi connectivity index (χ1) is 16.1. The van der Waals surface area contributed by atoms with Gasteiger partial charge in [-0.3, -0.25) is 4.98 Å². The van der Waals surface area contributed by atoms with E-state index in [9.17, 15) is 21.6 Å². The number of fused-ring (bicyclic) bond motifs is 1. The molecule has 0 radical (unpaired) electrons. The van der Waals surface area contributed by atoms with E-state index in [1.165, 1.54) is 17.2 Å². The molecule has 7 nitrogen and oxygen atoms in total. The number of halogens is 5. The summed E-state index contributed by atoms with van der Waals surface area (Å²) in [6.45, 7) is -0.417. The molecular weight excluding hydrogens is 500 g/mol. The summed E-state index contributed by atoms with van der Waals surface area (Å²) in [6.07, 6.45) is -0.619. The topological polar surface area (TPSA) is 75.6 Å². The van der Waals surface area contributed by atoms with Crippen molar-refractivity contribution in [1.29, 1.82) is 0 Å². The van der Waals surface area contributed by atoms with E-state index in [1.54, 1.807) is 0 Å². The van der Waals surface area contributed by atoms with Gasteiger partial charge in [-0.2, -0.15) is 4.31 Å². The molecule has 0 bridgehead atoms. The lowest BCUT2D eigenvalue weighted by molar-refractivity contribution is -0.116. The highest BCUT2D eigenvalue weighted by molar-refractivity contribution is 7.89. The lowest BCUT2D eigenvalue weighted by Crippen LogP contribution is -2.62. The molecule has 1 aromatic heterocycles. The first kappa shape index (κ1) is 23.2. The molecule has 3 aromatic rings. The van der Waals surface area contributed by atoms with Crippen molar-refractivity contribution in [2.24, 2.45) is 0 Å². The summed E-state index contributed by atoms with van der Waals surface area (Å²) >= 11 is 5.86. The van der Waals surface area contributed by atoms with Crippen LogP contribution in [0.25, 0.3) is 11.0 Å². The molecule has 0 N–H and O–H groups in total. The Hall–Kier alpha value is -2.54. The normalized spacial score (nSPS) is 23.8. The Kier molecular flexibility index (Phi) is 5.66. The molecule has 5 rings (SSSR count). The zero-order valence-corrected chi connectivity index (χ0v) is 19.0. The Morgan fingerprint density at radius 3 is 2.53 bits per heavy atom. The van der Waals surface area contributed by atoms with Gasteiger partial charge in [0.05, 0.1) is 30.4 Å². The number of hydrogen-bond acceptors (Lipinski definition) is 6. The lowest BCUT2D eigenvalue weighted by Gasteiger charge is -2.45. The number of alkyl halides is 1. The Morgan fingerprint density at radius 2 is 1.79 bits per heavy atom. The zero-order valence-electron chi connectivity index (χ0n) is 17.4. The molecule has 2 aliphatic rings. The largest absolute Gasteiger partial charge is 0.355 e. The molecule has 0 saturated carbocycles. The van der Waals surface area contributed by atoms with Gasteiger partial charge in [-0.15, -0.1) is 0 Å². The standard InChI is InChI=1S/C21H17ClF4N4O3S/c22-12-1-2-13(23)18(7-12)34(31,32)30-5-6-33-21(30)3-4-29(11-19(21)26)20-10-27-16-8-14(24)15(25)9-17(16)28-20/h1-2,7-10,19H,3-6,11H2/t19-,21-/m0/s1. The van der Waals surface area contributed by atoms with Crippen molar-refractivity contribution in [1.82, 2.24) is 14.3 Å². The maximum Gasteiger partial charge on any atom is 0.248 e. The van der Waals surface area contributed by atoms with Crippen LogP contribution in [0, 0.1) is 17.5 Å². The SMILES string of the molecule is O=S(=O)(c1cc(Cl)ccc1F)N1CCO[C@]12CCN(c1cnc3cc(F)c(F)cc3n1)C[C@@H]2F. The Morgan fingerprint density at radius 1 is 1.06 bits per heavy atom. The molecule has 0 unspecified atom stereocenters. The van der Waals surface area contributed by atoms with Gasteiger partial charge in [0.25, 0.3) is 0 Å². The van der Waals surface area contributed by atoms with E-state index < -0.39 is 44.3 Å². The van der Waals surface area contributed by atoms with Crippen molar-refractivity contribution in [3.63, 3.8) is 0 Å². The molecule has 1 spiro atoms. The third kappa shape index (κ3) is 3.69. The van der Waals surface area contributed by atoms with Crippen molar-refractivity contribution >= 4 is 38.5 Å². The number of benzene rings is 2. The average molecular weight is 517 g/mol. The van der Waals surface area contributed by atoms with Crippen LogP contribution in [-0.2, 0) is 14.8 Å². The van der Waals surface area contributed by atoms with Gasteiger partial charge in [-0.05, 0) is 18.2 Å². The molecule has 2 aromatic carbocycles. The van der Waals surface area contributed by atoms with Gasteiger partial charge in [0.15, 0.2) is 23.5 Å². The fourth-order valence-electron chi connectivity index (χ4n) is 4.37. The second kappa shape index (κ2) is 8.29. The lowest BCUT2D eigenvalue weighted by atomic mass is 9.98. The fourth-order valence-corrected chi connectivity index (χ4v) is 6.41. The second-order valence-corrected chi connectivity index (χ2v) is 10.3. The number of sulfonamides is 1. The molecule has 2 aliphatic heterocycles. The number of rotatable bonds is 3. The van der Waals surface area contributed by atoms with Gasteiger partial charge in [-0.25, -0.2) is 31.0 Å². The predicted octanol–water partition coefficient (Wildman–Crippen LogP) is 3.67. The molecule has 34 heavy (non-hydrogen) atoms. The average Bonchev–Trinajstić information content (AvgIpc) is 3.23. The van der Waals surface area contributed by atoms with E-state index in [2.05, 4.69) is 9.97 Å². The molecule has 2 fully saturated rings. The first-order valence-corrected chi connectivity index (χ1v) is 12.1. The first-order valence-electron chi connectivity index (χ1n) is 10.2. The second-order valence-electron chi connectivity index (χ2n) is 7.99. The van der Waals surface area contributed by atoms with Gasteiger partial charge in [0.2, 0.25) is 10.0 Å². The molecule has 2 atom stereocenters. The van der Waals surface area contributed by atoms with Gasteiger partial charge in [0, 0.05) is 36.7 Å². The van der Waals surface area contributed by atoms with Crippen LogP contribution in [0.15, 0.2) is 41.4 Å². The minimum Gasteiger partial charge on any atom is -0.355 e. The number of ether oxygens (including phenoxy) is 1. The summed E-state index contributed by atoms with van der Waals surface area (Å²) in [7, 11) is -4.47. The van der Waals surface area contributed by atoms with Crippen LogP contribution in [0.4, 0.5) is 23.4 Å². The van der Waals surface area contributed by atoms with E-state index in [0.29, 0.717) is 0 Å². The molecule has 3 heterocycles. The predicted molar refractivity (Wildman–Crippen MR) is 115 cm³/mol. The number of aromatic nitrogens is 2. The maximum atomic E-state index is 15.6. The van der Waals surface area contributed by atoms with Crippen molar-refractivity contribution < 1.29 is 30.7 Å². The molecule has 0 amide bonds. The number of anilines is 1. The Labute approximate surface area is 197 Å². The van der Waals surface area contributed by atoms with Crippen molar-refractivity contribution in [2.45, 2.75) is 23.2 Å². The van der Waals surface area contributed by atoms with E-state index in [4.69, 9.17) is 16.3 Å². The summed E-state index contributed by atoms with van der Waals surface area (Å²) < 4.78 is 90.0. The number of nitrogens with zero attached hydrogens (tertiary/aromatic N) is 4. The fraction of sp³-hybridized carbons (Fsp3) is 0.333. The minimum absolute atomic E-state index is 0.0203. The van der Waals surface area contributed by atoms with Gasteiger partial charge in [0.1, 0.15) is 16.5 Å². The summed E-state index contributed by atoms with van der Waals surface area (Å²) in [4.78, 5) is 9.15. The number of hydrogen-bond donors (Lipinski definition) is 0. The van der Waals surface area contributed by atoms with Crippen molar-refractivity contribution in [2.75, 3.05) is 31.1 Å². The van der Waals surface area contributed by atoms with E-state index in [0.717, 1.165) is 28.6 Å². The van der Waals surface area contributed by atoms with Crippen molar-refractivity contribution in [3.05, 3.63) is 59.0 Å². The molecule has 13 heteroatoms. The molecule has 2 saturated heterocycles. The van der Waals surface area contributed by atoms with E-state index >= 15 is 4.39 Å². The zero-order chi connectivity index (χ0) is 24.3. The summed E-state index contributed by atoms with van der Waals surface area (Å²) in [5.74, 6) is -2.94. The van der Waals surface area contributed by atoms with Crippen LogP contribution in [0.2, 0.25) is 5.02 Å². The third-order valence-electron chi connectivity index (χ3n) is 6.04. The molecule has 0 aliphatic carbocycles. The monoisotopic (exact) mass is 516 g/mol. The Bertz CT molecular complexity index is 1400. The van der Waals surface area contributed by atoms with Crippen LogP contribution in [0.5, 0.6) is 0 Å². The van der Waals surface area contributed by atoms with Gasteiger partial charge < -0.3 is 9.64 Å². The third-order valence-corrected chi connectivity index (χ3v) is 8.21. The maximum absolute atomic E-state index is 15.6. The highest BCUT2D eigenvalue weighted by Crippen LogP contribution is 2.41. The minimum atomic E-state index is -4.47. The van der Waals surface area contributed by atoms with Gasteiger partial charge >= 0.3 is 0 Å². The summed E-state index contributed by atoms with van der Waals surface area (Å²) in [6, 6.07) is 4.93. The number of piperidine rings is 1. The van der Waals surface area contributed by atoms with Crippen LogP contribution in [-0.4, -0.2) is 60.8 Å². The quantitative estimate of drug-likeness (QED) is 0.495. The summed E-state index contributed by atoms with van der Waals surface area (Å²) in [5.41, 5.74) is -1.61. The van der Waals surface area contributed by atoms with Crippen molar-refractivity contribution in [3.8, 4) is 0 Å². The van der Waals surface area contributed by atoms with Crippen LogP contribution < -0.4 is 4.90 Å². The highest BCUT2D eigenvalue weighted by Gasteiger charge is 2.57. The molecular formula is C21H17ClF4N4O3S. The van der Waals surface area contributed by atoms with E-state index in [1.807, 2.05) is 0 Å². The smallest absolute Gasteiger partial charge is 0.248 e. The van der Waals surface area contributed by atoms with Crippen LogP contribution >= 0.6 is 11.6 Å². The Balaban J connectivity index is 1.44.